The van der Waals surface area contributed by atoms with Gasteiger partial charge in [0.2, 0.25) is 0 Å². The Kier molecular flexibility index (Phi) is 5.14. The van der Waals surface area contributed by atoms with E-state index in [1.54, 1.807) is 0 Å². The van der Waals surface area contributed by atoms with E-state index in [9.17, 15) is 0 Å². The van der Waals surface area contributed by atoms with Gasteiger partial charge in [0, 0.05) is 12.4 Å². The molecule has 2 aliphatic heterocycles. The molecule has 0 N–H and O–H groups in total. The van der Waals surface area contributed by atoms with Crippen LogP contribution in [-0.2, 0) is 0 Å². The Morgan fingerprint density at radius 1 is 0.615 bits per heavy atom. The first-order valence-electron chi connectivity index (χ1n) is 8.83. The van der Waals surface area contributed by atoms with Crippen LogP contribution in [0.15, 0.2) is 93.9 Å². The minimum atomic E-state index is 0.306. The van der Waals surface area contributed by atoms with Crippen LogP contribution in [0.5, 0.6) is 0 Å². The Hall–Kier alpha value is -2.04. The average Bonchev–Trinajstić information content (AvgIpc) is 3.37. The van der Waals surface area contributed by atoms with E-state index >= 15 is 0 Å². The van der Waals surface area contributed by atoms with Gasteiger partial charge in [-0.15, -0.1) is 0 Å². The SMILES string of the molecule is C[C@@H](c1ccccc1)N1C=CS/C1=C1/SC=CN1[C@@H](C)c1ccccc1. The first-order chi connectivity index (χ1) is 12.8. The maximum atomic E-state index is 2.39. The van der Waals surface area contributed by atoms with E-state index < -0.39 is 0 Å². The summed E-state index contributed by atoms with van der Waals surface area (Å²) in [6, 6.07) is 22.0. The lowest BCUT2D eigenvalue weighted by Gasteiger charge is -2.32. The van der Waals surface area contributed by atoms with Gasteiger partial charge in [-0.1, -0.05) is 84.2 Å². The number of benzene rings is 2. The zero-order valence-electron chi connectivity index (χ0n) is 14.9. The van der Waals surface area contributed by atoms with Gasteiger partial charge < -0.3 is 9.80 Å². The van der Waals surface area contributed by atoms with Gasteiger partial charge in [-0.2, -0.15) is 0 Å². The predicted molar refractivity (Wildman–Crippen MR) is 114 cm³/mol. The van der Waals surface area contributed by atoms with E-state index in [1.807, 2.05) is 23.5 Å². The van der Waals surface area contributed by atoms with Crippen molar-refractivity contribution in [2.75, 3.05) is 0 Å². The first-order valence-corrected chi connectivity index (χ1v) is 10.6. The Balaban J connectivity index is 1.64. The lowest BCUT2D eigenvalue weighted by Crippen LogP contribution is -2.23. The topological polar surface area (TPSA) is 6.48 Å². The molecule has 0 saturated heterocycles. The second-order valence-electron chi connectivity index (χ2n) is 6.40. The van der Waals surface area contributed by atoms with Crippen molar-refractivity contribution in [3.05, 3.63) is 105 Å². The van der Waals surface area contributed by atoms with Gasteiger partial charge >= 0.3 is 0 Å². The van der Waals surface area contributed by atoms with Crippen LogP contribution in [0.25, 0.3) is 0 Å². The summed E-state index contributed by atoms with van der Waals surface area (Å²) in [5.74, 6) is 0. The van der Waals surface area contributed by atoms with Gasteiger partial charge in [-0.05, 0) is 35.8 Å². The smallest absolute Gasteiger partial charge is 0.111 e. The van der Waals surface area contributed by atoms with Gasteiger partial charge in [0.1, 0.15) is 10.1 Å². The summed E-state index contributed by atoms with van der Waals surface area (Å²) in [4.78, 5) is 4.78. The Bertz CT molecular complexity index is 771. The zero-order chi connectivity index (χ0) is 17.9. The number of hydrogen-bond acceptors (Lipinski definition) is 4. The molecule has 0 radical (unpaired) electrons. The van der Waals surface area contributed by atoms with Crippen molar-refractivity contribution in [1.82, 2.24) is 9.80 Å². The molecular weight excluding hydrogens is 356 g/mol. The maximum Gasteiger partial charge on any atom is 0.111 e. The highest BCUT2D eigenvalue weighted by Gasteiger charge is 2.29. The van der Waals surface area contributed by atoms with Gasteiger partial charge in [-0.25, -0.2) is 0 Å². The molecule has 2 aromatic rings. The lowest BCUT2D eigenvalue weighted by molar-refractivity contribution is 0.358. The molecule has 132 valence electrons. The summed E-state index contributed by atoms with van der Waals surface area (Å²) in [6.07, 6.45) is 4.41. The maximum absolute atomic E-state index is 2.39. The standard InChI is InChI=1S/C22H22N2S2/c1-17(19-9-5-3-6-10-19)23-13-15-25-21(23)22-24(14-16-26-22)18(2)20-11-7-4-8-12-20/h3-18H,1-2H3/b22-21+/t17-,18-/m0/s1. The normalized spacial score (nSPS) is 21.5. The molecule has 4 heteroatoms. The van der Waals surface area contributed by atoms with Crippen LogP contribution in [0.3, 0.4) is 0 Å². The summed E-state index contributed by atoms with van der Waals surface area (Å²) in [5.41, 5.74) is 2.66. The highest BCUT2D eigenvalue weighted by molar-refractivity contribution is 8.09. The van der Waals surface area contributed by atoms with E-state index in [-0.39, 0.29) is 0 Å². The molecule has 0 bridgehead atoms. The zero-order valence-corrected chi connectivity index (χ0v) is 16.6. The molecule has 0 spiro atoms. The van der Waals surface area contributed by atoms with E-state index in [2.05, 4.69) is 108 Å². The summed E-state index contributed by atoms with van der Waals surface area (Å²) >= 11 is 3.62. The van der Waals surface area contributed by atoms with Crippen molar-refractivity contribution in [2.24, 2.45) is 0 Å². The van der Waals surface area contributed by atoms with Crippen LogP contribution < -0.4 is 0 Å². The summed E-state index contributed by atoms with van der Waals surface area (Å²) < 4.78 is 0. The van der Waals surface area contributed by atoms with E-state index in [0.717, 1.165) is 0 Å². The number of nitrogens with zero attached hydrogens (tertiary/aromatic N) is 2. The molecule has 4 rings (SSSR count). The van der Waals surface area contributed by atoms with Crippen LogP contribution in [0.4, 0.5) is 0 Å². The predicted octanol–water partition coefficient (Wildman–Crippen LogP) is 6.68. The minimum absolute atomic E-state index is 0.306. The van der Waals surface area contributed by atoms with Gasteiger partial charge in [0.15, 0.2) is 0 Å². The molecule has 26 heavy (non-hydrogen) atoms. The van der Waals surface area contributed by atoms with Crippen LogP contribution >= 0.6 is 23.5 Å². The Morgan fingerprint density at radius 2 is 1.00 bits per heavy atom. The van der Waals surface area contributed by atoms with Crippen molar-refractivity contribution in [2.45, 2.75) is 25.9 Å². The molecule has 0 fully saturated rings. The van der Waals surface area contributed by atoms with Gasteiger partial charge in [0.05, 0.1) is 12.1 Å². The fourth-order valence-electron chi connectivity index (χ4n) is 3.29. The van der Waals surface area contributed by atoms with E-state index in [1.165, 1.54) is 21.2 Å². The third-order valence-corrected chi connectivity index (χ3v) is 6.75. The highest BCUT2D eigenvalue weighted by atomic mass is 32.2. The average molecular weight is 379 g/mol. The largest absolute Gasteiger partial charge is 0.333 e. The minimum Gasteiger partial charge on any atom is -0.333 e. The molecule has 0 amide bonds. The van der Waals surface area contributed by atoms with Crippen molar-refractivity contribution in [1.29, 1.82) is 0 Å². The molecule has 2 heterocycles. The van der Waals surface area contributed by atoms with Crippen molar-refractivity contribution in [3.8, 4) is 0 Å². The van der Waals surface area contributed by atoms with Crippen molar-refractivity contribution < 1.29 is 0 Å². The highest BCUT2D eigenvalue weighted by Crippen LogP contribution is 2.46. The summed E-state index contributed by atoms with van der Waals surface area (Å²) in [5, 5.41) is 6.98. The number of thioether (sulfide) groups is 2. The molecule has 0 unspecified atom stereocenters. The quantitative estimate of drug-likeness (QED) is 0.585. The molecule has 2 nitrogen and oxygen atoms in total. The molecule has 2 atom stereocenters. The van der Waals surface area contributed by atoms with Crippen molar-refractivity contribution >= 4 is 23.5 Å². The number of rotatable bonds is 4. The third kappa shape index (κ3) is 3.31. The molecule has 2 aliphatic rings. The molecule has 0 aromatic heterocycles. The Labute approximate surface area is 164 Å². The van der Waals surface area contributed by atoms with Gasteiger partial charge in [0.25, 0.3) is 0 Å². The number of hydrogen-bond donors (Lipinski definition) is 0. The monoisotopic (exact) mass is 378 g/mol. The van der Waals surface area contributed by atoms with Gasteiger partial charge in [-0.3, -0.25) is 0 Å². The molecular formula is C22H22N2S2. The summed E-state index contributed by atoms with van der Waals surface area (Å²) in [6.45, 7) is 4.54. The second kappa shape index (κ2) is 7.68. The fraction of sp³-hybridized carbons (Fsp3) is 0.182. The van der Waals surface area contributed by atoms with Crippen LogP contribution in [0.2, 0.25) is 0 Å². The van der Waals surface area contributed by atoms with Crippen LogP contribution in [0, 0.1) is 0 Å². The summed E-state index contributed by atoms with van der Waals surface area (Å²) in [7, 11) is 0. The van der Waals surface area contributed by atoms with Crippen molar-refractivity contribution in [3.63, 3.8) is 0 Å². The Morgan fingerprint density at radius 3 is 1.38 bits per heavy atom. The lowest BCUT2D eigenvalue weighted by atomic mass is 10.1. The first kappa shape index (κ1) is 17.4. The molecule has 2 aromatic carbocycles. The third-order valence-electron chi connectivity index (χ3n) is 4.85. The van der Waals surface area contributed by atoms with Crippen LogP contribution in [-0.4, -0.2) is 9.80 Å². The van der Waals surface area contributed by atoms with Crippen LogP contribution in [0.1, 0.15) is 37.1 Å². The van der Waals surface area contributed by atoms with E-state index in [4.69, 9.17) is 0 Å². The van der Waals surface area contributed by atoms with E-state index in [0.29, 0.717) is 12.1 Å². The molecule has 0 aliphatic carbocycles. The fourth-order valence-corrected chi connectivity index (χ4v) is 5.32. The second-order valence-corrected chi connectivity index (χ2v) is 8.19. The molecule has 0 saturated carbocycles.